The fourth-order valence-corrected chi connectivity index (χ4v) is 2.16. The van der Waals surface area contributed by atoms with E-state index in [0.29, 0.717) is 18.2 Å². The van der Waals surface area contributed by atoms with Crippen LogP contribution in [0, 0.1) is 0 Å². The lowest BCUT2D eigenvalue weighted by molar-refractivity contribution is 0.0943. The predicted octanol–water partition coefficient (Wildman–Crippen LogP) is 2.37. The van der Waals surface area contributed by atoms with Gasteiger partial charge in [-0.05, 0) is 41.4 Å². The zero-order valence-electron chi connectivity index (χ0n) is 7.75. The Bertz CT molecular complexity index is 329. The predicted molar refractivity (Wildman–Crippen MR) is 56.4 cm³/mol. The van der Waals surface area contributed by atoms with Crippen molar-refractivity contribution in [3.05, 3.63) is 22.6 Å². The van der Waals surface area contributed by atoms with Gasteiger partial charge in [0.1, 0.15) is 0 Å². The van der Waals surface area contributed by atoms with Crippen LogP contribution in [0.1, 0.15) is 29.8 Å². The van der Waals surface area contributed by atoms with Gasteiger partial charge in [0.2, 0.25) is 5.78 Å². The zero-order valence-corrected chi connectivity index (χ0v) is 9.34. The van der Waals surface area contributed by atoms with Gasteiger partial charge in [0.15, 0.2) is 5.76 Å². The van der Waals surface area contributed by atoms with Crippen LogP contribution < -0.4 is 5.32 Å². The van der Waals surface area contributed by atoms with E-state index >= 15 is 0 Å². The lowest BCUT2D eigenvalue weighted by atomic mass is 10.1. The second-order valence-electron chi connectivity index (χ2n) is 3.52. The van der Waals surface area contributed by atoms with E-state index in [2.05, 4.69) is 21.2 Å². The molecule has 76 valence electrons. The van der Waals surface area contributed by atoms with Crippen molar-refractivity contribution < 1.29 is 9.21 Å². The van der Waals surface area contributed by atoms with E-state index in [1.165, 1.54) is 6.26 Å². The smallest absolute Gasteiger partial charge is 0.200 e. The molecule has 2 heterocycles. The normalized spacial score (nSPS) is 21.4. The van der Waals surface area contributed by atoms with Crippen LogP contribution in [0.2, 0.25) is 0 Å². The summed E-state index contributed by atoms with van der Waals surface area (Å²) in [5.41, 5.74) is 0. The molecule has 1 fully saturated rings. The third kappa shape index (κ3) is 2.07. The monoisotopic (exact) mass is 257 g/mol. The molecule has 1 aromatic heterocycles. The summed E-state index contributed by atoms with van der Waals surface area (Å²) in [6.45, 7) is 1.03. The summed E-state index contributed by atoms with van der Waals surface area (Å²) in [6.07, 6.45) is 4.31. The quantitative estimate of drug-likeness (QED) is 0.846. The number of nitrogens with one attached hydrogen (secondary N) is 1. The average Bonchev–Trinajstić information content (AvgIpc) is 2.75. The number of rotatable bonds is 3. The van der Waals surface area contributed by atoms with Gasteiger partial charge in [-0.25, -0.2) is 0 Å². The molecule has 1 N–H and O–H groups in total. The first-order chi connectivity index (χ1) is 6.77. The summed E-state index contributed by atoms with van der Waals surface area (Å²) in [5.74, 6) is 0.514. The number of carbonyl (C=O) groups is 1. The van der Waals surface area contributed by atoms with Crippen molar-refractivity contribution >= 4 is 21.7 Å². The van der Waals surface area contributed by atoms with Crippen LogP contribution in [0.5, 0.6) is 0 Å². The summed E-state index contributed by atoms with van der Waals surface area (Å²) in [5, 5.41) is 3.29. The molecule has 14 heavy (non-hydrogen) atoms. The molecular formula is C10H12BrNO2. The molecule has 1 aliphatic rings. The van der Waals surface area contributed by atoms with Crippen molar-refractivity contribution in [2.75, 3.05) is 6.54 Å². The van der Waals surface area contributed by atoms with Gasteiger partial charge in [-0.1, -0.05) is 0 Å². The van der Waals surface area contributed by atoms with Gasteiger partial charge in [-0.2, -0.15) is 0 Å². The third-order valence-electron chi connectivity index (χ3n) is 2.46. The maximum atomic E-state index is 11.7. The Kier molecular flexibility index (Phi) is 3.03. The summed E-state index contributed by atoms with van der Waals surface area (Å²) in [6, 6.07) is 2.08. The van der Waals surface area contributed by atoms with E-state index in [-0.39, 0.29) is 5.78 Å². The molecule has 0 spiro atoms. The van der Waals surface area contributed by atoms with Gasteiger partial charge in [-0.15, -0.1) is 0 Å². The molecule has 0 aliphatic carbocycles. The van der Waals surface area contributed by atoms with Crippen LogP contribution >= 0.6 is 15.9 Å². The van der Waals surface area contributed by atoms with Gasteiger partial charge in [0.05, 0.1) is 10.7 Å². The van der Waals surface area contributed by atoms with Gasteiger partial charge in [0, 0.05) is 12.5 Å². The number of halogens is 1. The van der Waals surface area contributed by atoms with Crippen LogP contribution in [0.3, 0.4) is 0 Å². The minimum Gasteiger partial charge on any atom is -0.460 e. The average molecular weight is 258 g/mol. The second-order valence-corrected chi connectivity index (χ2v) is 4.37. The molecule has 0 radical (unpaired) electrons. The highest BCUT2D eigenvalue weighted by Crippen LogP contribution is 2.21. The maximum absolute atomic E-state index is 11.7. The molecule has 1 aromatic rings. The van der Waals surface area contributed by atoms with Crippen LogP contribution in [0.25, 0.3) is 0 Å². The zero-order chi connectivity index (χ0) is 9.97. The van der Waals surface area contributed by atoms with Gasteiger partial charge in [-0.3, -0.25) is 4.79 Å². The molecule has 1 atom stereocenters. The topological polar surface area (TPSA) is 42.2 Å². The van der Waals surface area contributed by atoms with E-state index in [4.69, 9.17) is 4.42 Å². The lowest BCUT2D eigenvalue weighted by Gasteiger charge is -2.07. The lowest BCUT2D eigenvalue weighted by Crippen LogP contribution is -2.24. The molecule has 0 aromatic carbocycles. The van der Waals surface area contributed by atoms with Gasteiger partial charge in [0.25, 0.3) is 0 Å². The Morgan fingerprint density at radius 3 is 3.14 bits per heavy atom. The first kappa shape index (κ1) is 9.93. The third-order valence-corrected chi connectivity index (χ3v) is 3.09. The number of ketones is 1. The fraction of sp³-hybridized carbons (Fsp3) is 0.500. The molecule has 0 saturated carbocycles. The van der Waals surface area contributed by atoms with E-state index in [1.807, 2.05) is 0 Å². The molecular weight excluding hydrogens is 246 g/mol. The molecule has 1 unspecified atom stereocenters. The molecule has 2 rings (SSSR count). The first-order valence-corrected chi connectivity index (χ1v) is 5.56. The van der Waals surface area contributed by atoms with E-state index < -0.39 is 0 Å². The van der Waals surface area contributed by atoms with Crippen LogP contribution in [-0.4, -0.2) is 18.4 Å². The first-order valence-electron chi connectivity index (χ1n) is 4.77. The summed E-state index contributed by atoms with van der Waals surface area (Å²) < 4.78 is 5.86. The van der Waals surface area contributed by atoms with E-state index in [1.54, 1.807) is 6.07 Å². The van der Waals surface area contributed by atoms with Crippen molar-refractivity contribution in [3.8, 4) is 0 Å². The number of carbonyl (C=O) groups excluding carboxylic acids is 1. The van der Waals surface area contributed by atoms with Crippen molar-refractivity contribution in [2.45, 2.75) is 25.3 Å². The van der Waals surface area contributed by atoms with Crippen molar-refractivity contribution in [1.82, 2.24) is 5.32 Å². The molecule has 3 nitrogen and oxygen atoms in total. The Morgan fingerprint density at radius 1 is 1.71 bits per heavy atom. The summed E-state index contributed by atoms with van der Waals surface area (Å²) in [7, 11) is 0. The van der Waals surface area contributed by atoms with Crippen molar-refractivity contribution in [2.24, 2.45) is 0 Å². The van der Waals surface area contributed by atoms with E-state index in [9.17, 15) is 4.79 Å². The summed E-state index contributed by atoms with van der Waals surface area (Å²) >= 11 is 3.28. The standard InChI is InChI=1S/C10H12BrNO2/c11-8-3-5-14-10(8)9(13)6-7-2-1-4-12-7/h3,5,7,12H,1-2,4,6H2. The number of Topliss-reactive ketones (excluding diaryl/α,β-unsaturated/α-hetero) is 1. The van der Waals surface area contributed by atoms with Gasteiger partial charge >= 0.3 is 0 Å². The summed E-state index contributed by atoms with van der Waals surface area (Å²) in [4.78, 5) is 11.7. The Balaban J connectivity index is 1.98. The minimum absolute atomic E-state index is 0.0706. The van der Waals surface area contributed by atoms with Crippen LogP contribution in [0.4, 0.5) is 0 Å². The number of hydrogen-bond donors (Lipinski definition) is 1. The van der Waals surface area contributed by atoms with E-state index in [0.717, 1.165) is 23.9 Å². The Hall–Kier alpha value is -0.610. The number of furan rings is 1. The van der Waals surface area contributed by atoms with Crippen LogP contribution in [-0.2, 0) is 0 Å². The number of hydrogen-bond acceptors (Lipinski definition) is 3. The highest BCUT2D eigenvalue weighted by molar-refractivity contribution is 9.10. The molecule has 4 heteroatoms. The second kappa shape index (κ2) is 4.28. The molecule has 0 amide bonds. The highest BCUT2D eigenvalue weighted by Gasteiger charge is 2.21. The maximum Gasteiger partial charge on any atom is 0.200 e. The molecule has 0 bridgehead atoms. The Labute approximate surface area is 91.0 Å². The van der Waals surface area contributed by atoms with Crippen LogP contribution in [0.15, 0.2) is 21.2 Å². The minimum atomic E-state index is 0.0706. The fourth-order valence-electron chi connectivity index (χ4n) is 1.74. The van der Waals surface area contributed by atoms with Crippen molar-refractivity contribution in [1.29, 1.82) is 0 Å². The van der Waals surface area contributed by atoms with Crippen molar-refractivity contribution in [3.63, 3.8) is 0 Å². The van der Waals surface area contributed by atoms with Gasteiger partial charge < -0.3 is 9.73 Å². The molecule has 1 saturated heterocycles. The Morgan fingerprint density at radius 2 is 2.57 bits per heavy atom. The highest BCUT2D eigenvalue weighted by atomic mass is 79.9. The molecule has 1 aliphatic heterocycles. The largest absolute Gasteiger partial charge is 0.460 e. The SMILES string of the molecule is O=C(CC1CCCN1)c1occc1Br.